The van der Waals surface area contributed by atoms with E-state index in [1.807, 2.05) is 50.8 Å². The fourth-order valence-electron chi connectivity index (χ4n) is 3.37. The van der Waals surface area contributed by atoms with Crippen molar-refractivity contribution in [2.45, 2.75) is 65.2 Å². The Labute approximate surface area is 146 Å². The second kappa shape index (κ2) is 7.56. The lowest BCUT2D eigenvalue weighted by atomic mass is 10.1. The summed E-state index contributed by atoms with van der Waals surface area (Å²) in [5.41, 5.74) is 0.612. The van der Waals surface area contributed by atoms with Gasteiger partial charge in [0.25, 0.3) is 0 Å². The Morgan fingerprint density at radius 1 is 1.25 bits per heavy atom. The van der Waals surface area contributed by atoms with E-state index in [9.17, 15) is 4.79 Å². The van der Waals surface area contributed by atoms with Crippen molar-refractivity contribution >= 4 is 6.09 Å². The molecule has 1 aromatic rings. The van der Waals surface area contributed by atoms with E-state index in [2.05, 4.69) is 19.1 Å². The van der Waals surface area contributed by atoms with Gasteiger partial charge < -0.3 is 14.4 Å². The summed E-state index contributed by atoms with van der Waals surface area (Å²) in [7, 11) is 0. The molecule has 24 heavy (non-hydrogen) atoms. The minimum atomic E-state index is -0.465. The Kier molecular flexibility index (Phi) is 5.92. The molecule has 134 valence electrons. The molecule has 4 nitrogen and oxygen atoms in total. The van der Waals surface area contributed by atoms with E-state index in [1.165, 1.54) is 5.56 Å². The van der Waals surface area contributed by atoms with E-state index < -0.39 is 5.60 Å². The Bertz CT molecular complexity index is 538. The molecule has 1 aliphatic carbocycles. The van der Waals surface area contributed by atoms with Crippen molar-refractivity contribution in [3.63, 3.8) is 0 Å². The van der Waals surface area contributed by atoms with Gasteiger partial charge in [-0.15, -0.1) is 0 Å². The first-order valence-corrected chi connectivity index (χ1v) is 8.94. The first kappa shape index (κ1) is 18.8. The molecule has 0 bridgehead atoms. The molecular weight excluding hydrogens is 302 g/mol. The van der Waals surface area contributed by atoms with E-state index >= 15 is 0 Å². The van der Waals surface area contributed by atoms with Crippen LogP contribution in [0.1, 0.15) is 53.0 Å². The molecular formula is C20H31NO3. The average molecular weight is 333 g/mol. The summed E-state index contributed by atoms with van der Waals surface area (Å²) in [6.07, 6.45) is 1.71. The van der Waals surface area contributed by atoms with Crippen LogP contribution in [0.3, 0.4) is 0 Å². The van der Waals surface area contributed by atoms with Crippen molar-refractivity contribution in [1.82, 2.24) is 4.90 Å². The van der Waals surface area contributed by atoms with Gasteiger partial charge in [-0.3, -0.25) is 0 Å². The summed E-state index contributed by atoms with van der Waals surface area (Å²) in [5, 5.41) is 0. The van der Waals surface area contributed by atoms with Gasteiger partial charge in [0, 0.05) is 12.5 Å². The van der Waals surface area contributed by atoms with Crippen molar-refractivity contribution in [3.8, 4) is 0 Å². The molecule has 2 atom stereocenters. The van der Waals surface area contributed by atoms with Gasteiger partial charge in [-0.05, 0) is 46.1 Å². The highest BCUT2D eigenvalue weighted by atomic mass is 16.6. The molecule has 0 unspecified atom stereocenters. The van der Waals surface area contributed by atoms with Crippen LogP contribution >= 0.6 is 0 Å². The molecule has 1 amide bonds. The molecule has 1 fully saturated rings. The largest absolute Gasteiger partial charge is 0.444 e. The number of hydrogen-bond donors (Lipinski definition) is 0. The number of amides is 1. The third-order valence-electron chi connectivity index (χ3n) is 4.71. The molecule has 0 saturated heterocycles. The number of carbonyl (C=O) groups excluding carboxylic acids is 1. The summed E-state index contributed by atoms with van der Waals surface area (Å²) in [4.78, 5) is 14.4. The molecule has 1 aliphatic rings. The van der Waals surface area contributed by atoms with Crippen molar-refractivity contribution in [1.29, 1.82) is 0 Å². The van der Waals surface area contributed by atoms with Gasteiger partial charge in [0.1, 0.15) is 5.60 Å². The van der Waals surface area contributed by atoms with Gasteiger partial charge >= 0.3 is 6.09 Å². The fraction of sp³-hybridized carbons (Fsp3) is 0.650. The van der Waals surface area contributed by atoms with Crippen molar-refractivity contribution in [2.24, 2.45) is 5.92 Å². The summed E-state index contributed by atoms with van der Waals surface area (Å²) in [6.45, 7) is 11.8. The molecule has 0 N–H and O–H groups in total. The van der Waals surface area contributed by atoms with Crippen molar-refractivity contribution < 1.29 is 14.3 Å². The normalized spacial score (nSPS) is 23.0. The zero-order valence-electron chi connectivity index (χ0n) is 15.7. The number of ether oxygens (including phenoxy) is 2. The van der Waals surface area contributed by atoms with Crippen LogP contribution in [0.5, 0.6) is 0 Å². The predicted octanol–water partition coefficient (Wildman–Crippen LogP) is 4.63. The Hall–Kier alpha value is -1.55. The van der Waals surface area contributed by atoms with Crippen LogP contribution in [0.25, 0.3) is 0 Å². The predicted molar refractivity (Wildman–Crippen MR) is 95.8 cm³/mol. The van der Waals surface area contributed by atoms with Crippen LogP contribution in [0, 0.1) is 5.92 Å². The highest BCUT2D eigenvalue weighted by Crippen LogP contribution is 2.51. The van der Waals surface area contributed by atoms with Crippen LogP contribution in [0.2, 0.25) is 0 Å². The molecule has 0 aliphatic heterocycles. The van der Waals surface area contributed by atoms with Crippen molar-refractivity contribution in [2.75, 3.05) is 13.2 Å². The zero-order chi connectivity index (χ0) is 17.8. The zero-order valence-corrected chi connectivity index (χ0v) is 15.7. The van der Waals surface area contributed by atoms with Gasteiger partial charge in [-0.1, -0.05) is 37.3 Å². The van der Waals surface area contributed by atoms with Gasteiger partial charge in [-0.25, -0.2) is 4.79 Å². The quantitative estimate of drug-likeness (QED) is 0.730. The monoisotopic (exact) mass is 333 g/mol. The molecule has 0 aromatic heterocycles. The summed E-state index contributed by atoms with van der Waals surface area (Å²) < 4.78 is 11.5. The molecule has 1 saturated carbocycles. The molecule has 2 rings (SSSR count). The Balaban J connectivity index is 1.91. The number of nitrogens with zero attached hydrogens (tertiary/aromatic N) is 1. The first-order chi connectivity index (χ1) is 11.3. The third kappa shape index (κ3) is 4.50. The summed E-state index contributed by atoms with van der Waals surface area (Å²) in [6, 6.07) is 10.2. The van der Waals surface area contributed by atoms with Crippen LogP contribution in [-0.4, -0.2) is 35.3 Å². The standard InChI is InChI=1S/C20H31NO3/c1-6-20(21(7-2)18(22)24-19(3,4)5)13-17(20)15-23-14-16-11-9-8-10-12-16/h8-12,17H,6-7,13-15H2,1-5H3/t17-,20+/m0/s1. The summed E-state index contributed by atoms with van der Waals surface area (Å²) in [5.74, 6) is 0.388. The molecule has 0 spiro atoms. The number of benzene rings is 1. The highest BCUT2D eigenvalue weighted by Gasteiger charge is 2.58. The molecule has 4 heteroatoms. The second-order valence-electron chi connectivity index (χ2n) is 7.58. The maximum atomic E-state index is 12.5. The van der Waals surface area contributed by atoms with Crippen LogP contribution in [0.4, 0.5) is 4.79 Å². The van der Waals surface area contributed by atoms with E-state index in [0.29, 0.717) is 25.7 Å². The van der Waals surface area contributed by atoms with Crippen LogP contribution in [-0.2, 0) is 16.1 Å². The molecule has 1 aromatic carbocycles. The van der Waals surface area contributed by atoms with Crippen LogP contribution in [0.15, 0.2) is 30.3 Å². The number of hydrogen-bond acceptors (Lipinski definition) is 3. The van der Waals surface area contributed by atoms with Gasteiger partial charge in [0.05, 0.1) is 18.8 Å². The Morgan fingerprint density at radius 3 is 2.46 bits per heavy atom. The van der Waals surface area contributed by atoms with Gasteiger partial charge in [-0.2, -0.15) is 0 Å². The average Bonchev–Trinajstić information content (AvgIpc) is 3.21. The topological polar surface area (TPSA) is 38.8 Å². The smallest absolute Gasteiger partial charge is 0.410 e. The van der Waals surface area contributed by atoms with Crippen LogP contribution < -0.4 is 0 Å². The first-order valence-electron chi connectivity index (χ1n) is 8.94. The summed E-state index contributed by atoms with van der Waals surface area (Å²) >= 11 is 0. The van der Waals surface area contributed by atoms with E-state index in [-0.39, 0.29) is 11.6 Å². The SMILES string of the molecule is CCN(C(=O)OC(C)(C)C)[C@]1(CC)C[C@H]1COCc1ccccc1. The third-order valence-corrected chi connectivity index (χ3v) is 4.71. The highest BCUT2D eigenvalue weighted by molar-refractivity contribution is 5.70. The van der Waals surface area contributed by atoms with E-state index in [1.54, 1.807) is 0 Å². The molecule has 0 heterocycles. The van der Waals surface area contributed by atoms with E-state index in [0.717, 1.165) is 12.8 Å². The van der Waals surface area contributed by atoms with Gasteiger partial charge in [0.15, 0.2) is 0 Å². The maximum absolute atomic E-state index is 12.5. The van der Waals surface area contributed by atoms with E-state index in [4.69, 9.17) is 9.47 Å². The minimum absolute atomic E-state index is 0.103. The number of carbonyl (C=O) groups is 1. The Morgan fingerprint density at radius 2 is 1.92 bits per heavy atom. The number of rotatable bonds is 7. The lowest BCUT2D eigenvalue weighted by Gasteiger charge is -2.33. The second-order valence-corrected chi connectivity index (χ2v) is 7.58. The van der Waals surface area contributed by atoms with Crippen molar-refractivity contribution in [3.05, 3.63) is 35.9 Å². The lowest BCUT2D eigenvalue weighted by Crippen LogP contribution is -2.46. The lowest BCUT2D eigenvalue weighted by molar-refractivity contribution is 0.00809. The minimum Gasteiger partial charge on any atom is -0.444 e. The maximum Gasteiger partial charge on any atom is 0.410 e. The fourth-order valence-corrected chi connectivity index (χ4v) is 3.37. The van der Waals surface area contributed by atoms with Gasteiger partial charge in [0.2, 0.25) is 0 Å². The molecule has 0 radical (unpaired) electrons.